The minimum Gasteiger partial charge on any atom is -0.444 e. The van der Waals surface area contributed by atoms with E-state index in [4.69, 9.17) is 10.5 Å². The van der Waals surface area contributed by atoms with Gasteiger partial charge in [-0.15, -0.1) is 0 Å². The Morgan fingerprint density at radius 2 is 1.94 bits per heavy atom. The van der Waals surface area contributed by atoms with Gasteiger partial charge in [0.1, 0.15) is 5.60 Å². The molecule has 0 saturated heterocycles. The summed E-state index contributed by atoms with van der Waals surface area (Å²) in [7, 11) is 0. The largest absolute Gasteiger partial charge is 0.444 e. The fraction of sp³-hybridized carbons (Fsp3) is 0.500. The maximum absolute atomic E-state index is 11.6. The molecule has 4 nitrogen and oxygen atoms in total. The molecule has 100 valence electrons. The molecule has 3 N–H and O–H groups in total. The van der Waals surface area contributed by atoms with Gasteiger partial charge in [0.15, 0.2) is 0 Å². The van der Waals surface area contributed by atoms with Crippen molar-refractivity contribution in [2.45, 2.75) is 38.8 Å². The predicted octanol–water partition coefficient (Wildman–Crippen LogP) is 2.08. The van der Waals surface area contributed by atoms with Crippen molar-refractivity contribution in [3.63, 3.8) is 0 Å². The van der Waals surface area contributed by atoms with Crippen molar-refractivity contribution in [3.8, 4) is 0 Å². The maximum Gasteiger partial charge on any atom is 0.407 e. The summed E-state index contributed by atoms with van der Waals surface area (Å²) in [6.07, 6.45) is 0.283. The van der Waals surface area contributed by atoms with Gasteiger partial charge < -0.3 is 15.8 Å². The molecule has 1 aromatic carbocycles. The first-order valence-corrected chi connectivity index (χ1v) is 6.14. The monoisotopic (exact) mass is 250 g/mol. The molecule has 0 aliphatic rings. The zero-order valence-electron chi connectivity index (χ0n) is 11.3. The first-order valence-electron chi connectivity index (χ1n) is 6.14. The van der Waals surface area contributed by atoms with Gasteiger partial charge in [-0.3, -0.25) is 0 Å². The lowest BCUT2D eigenvalue weighted by molar-refractivity contribution is 0.0506. The van der Waals surface area contributed by atoms with Crippen molar-refractivity contribution in [1.29, 1.82) is 0 Å². The van der Waals surface area contributed by atoms with Crippen molar-refractivity contribution in [2.24, 2.45) is 5.73 Å². The molecule has 0 saturated carbocycles. The zero-order chi connectivity index (χ0) is 13.6. The number of hydrogen-bond donors (Lipinski definition) is 2. The normalized spacial score (nSPS) is 12.9. The number of alkyl carbamates (subject to hydrolysis) is 1. The van der Waals surface area contributed by atoms with Gasteiger partial charge in [-0.1, -0.05) is 30.3 Å². The van der Waals surface area contributed by atoms with E-state index in [0.29, 0.717) is 13.0 Å². The Morgan fingerprint density at radius 1 is 1.33 bits per heavy atom. The molecule has 18 heavy (non-hydrogen) atoms. The summed E-state index contributed by atoms with van der Waals surface area (Å²) in [5.74, 6) is 0. The Bertz CT molecular complexity index is 371. The van der Waals surface area contributed by atoms with Gasteiger partial charge in [0, 0.05) is 12.6 Å². The van der Waals surface area contributed by atoms with Crippen LogP contribution in [0.3, 0.4) is 0 Å². The summed E-state index contributed by atoms with van der Waals surface area (Å²) in [4.78, 5) is 11.6. The third kappa shape index (κ3) is 5.68. The van der Waals surface area contributed by atoms with Gasteiger partial charge in [-0.05, 0) is 32.8 Å². The standard InChI is InChI=1S/C14H22N2O2/c1-14(2,3)18-13(17)16-12(10-15)9-11-7-5-4-6-8-11/h4-8,12H,9-10,15H2,1-3H3,(H,16,17). The lowest BCUT2D eigenvalue weighted by Gasteiger charge is -2.23. The lowest BCUT2D eigenvalue weighted by atomic mass is 10.1. The molecule has 0 aromatic heterocycles. The number of nitrogens with two attached hydrogens (primary N) is 1. The number of carbonyl (C=O) groups excluding carboxylic acids is 1. The molecule has 1 rings (SSSR count). The molecule has 0 heterocycles. The summed E-state index contributed by atoms with van der Waals surface area (Å²) < 4.78 is 5.20. The van der Waals surface area contributed by atoms with Gasteiger partial charge >= 0.3 is 6.09 Å². The minimum absolute atomic E-state index is 0.109. The number of carbonyl (C=O) groups is 1. The molecule has 0 aliphatic carbocycles. The Hall–Kier alpha value is -1.55. The van der Waals surface area contributed by atoms with Crippen LogP contribution in [0.1, 0.15) is 26.3 Å². The van der Waals surface area contributed by atoms with Crippen LogP contribution in [0.25, 0.3) is 0 Å². The smallest absolute Gasteiger partial charge is 0.407 e. The molecular weight excluding hydrogens is 228 g/mol. The van der Waals surface area contributed by atoms with Crippen LogP contribution < -0.4 is 11.1 Å². The highest BCUT2D eigenvalue weighted by Crippen LogP contribution is 2.08. The topological polar surface area (TPSA) is 64.3 Å². The number of nitrogens with one attached hydrogen (secondary N) is 1. The van der Waals surface area contributed by atoms with Crippen molar-refractivity contribution < 1.29 is 9.53 Å². The molecule has 1 atom stereocenters. The predicted molar refractivity (Wildman–Crippen MR) is 72.4 cm³/mol. The van der Waals surface area contributed by atoms with Crippen LogP contribution in [0.2, 0.25) is 0 Å². The number of hydrogen-bond acceptors (Lipinski definition) is 3. The quantitative estimate of drug-likeness (QED) is 0.860. The van der Waals surface area contributed by atoms with Crippen LogP contribution in [0.15, 0.2) is 30.3 Å². The van der Waals surface area contributed by atoms with E-state index in [0.717, 1.165) is 5.56 Å². The van der Waals surface area contributed by atoms with Crippen LogP contribution in [0.4, 0.5) is 4.79 Å². The van der Waals surface area contributed by atoms with Crippen LogP contribution >= 0.6 is 0 Å². The third-order valence-electron chi connectivity index (χ3n) is 2.33. The second kappa shape index (κ2) is 6.40. The first kappa shape index (κ1) is 14.5. The Labute approximate surface area is 109 Å². The highest BCUT2D eigenvalue weighted by Gasteiger charge is 2.18. The first-order chi connectivity index (χ1) is 8.40. The number of ether oxygens (including phenoxy) is 1. The van der Waals surface area contributed by atoms with Crippen molar-refractivity contribution in [1.82, 2.24) is 5.32 Å². The fourth-order valence-electron chi connectivity index (χ4n) is 1.57. The van der Waals surface area contributed by atoms with Crippen LogP contribution in [-0.4, -0.2) is 24.3 Å². The fourth-order valence-corrected chi connectivity index (χ4v) is 1.57. The number of amides is 1. The lowest BCUT2D eigenvalue weighted by Crippen LogP contribution is -2.44. The molecule has 0 spiro atoms. The molecule has 4 heteroatoms. The van der Waals surface area contributed by atoms with E-state index in [1.807, 2.05) is 51.1 Å². The average Bonchev–Trinajstić information content (AvgIpc) is 2.27. The van der Waals surface area contributed by atoms with Crippen LogP contribution in [0.5, 0.6) is 0 Å². The van der Waals surface area contributed by atoms with E-state index in [2.05, 4.69) is 5.32 Å². The SMILES string of the molecule is CC(C)(C)OC(=O)NC(CN)Cc1ccccc1. The van der Waals surface area contributed by atoms with E-state index in [1.54, 1.807) is 0 Å². The van der Waals surface area contributed by atoms with E-state index in [-0.39, 0.29) is 6.04 Å². The van der Waals surface area contributed by atoms with E-state index < -0.39 is 11.7 Å². The molecule has 1 unspecified atom stereocenters. The van der Waals surface area contributed by atoms with Gasteiger partial charge in [-0.25, -0.2) is 4.79 Å². The van der Waals surface area contributed by atoms with Crippen LogP contribution in [0, 0.1) is 0 Å². The summed E-state index contributed by atoms with van der Waals surface area (Å²) in [6.45, 7) is 5.89. The molecular formula is C14H22N2O2. The molecule has 0 bridgehead atoms. The number of benzene rings is 1. The number of rotatable bonds is 4. The van der Waals surface area contributed by atoms with Gasteiger partial charge in [0.25, 0.3) is 0 Å². The van der Waals surface area contributed by atoms with E-state index in [9.17, 15) is 4.79 Å². The summed E-state index contributed by atoms with van der Waals surface area (Å²) >= 11 is 0. The summed E-state index contributed by atoms with van der Waals surface area (Å²) in [5.41, 5.74) is 6.31. The molecule has 0 radical (unpaired) electrons. The minimum atomic E-state index is -0.490. The molecule has 0 aliphatic heterocycles. The average molecular weight is 250 g/mol. The summed E-state index contributed by atoms with van der Waals surface area (Å²) in [5, 5.41) is 2.79. The highest BCUT2D eigenvalue weighted by atomic mass is 16.6. The van der Waals surface area contributed by atoms with Gasteiger partial charge in [0.05, 0.1) is 0 Å². The molecule has 0 fully saturated rings. The molecule has 1 amide bonds. The second-order valence-corrected chi connectivity index (χ2v) is 5.27. The van der Waals surface area contributed by atoms with Crippen molar-refractivity contribution in [3.05, 3.63) is 35.9 Å². The van der Waals surface area contributed by atoms with E-state index in [1.165, 1.54) is 0 Å². The summed E-state index contributed by atoms with van der Waals surface area (Å²) in [6, 6.07) is 9.82. The third-order valence-corrected chi connectivity index (χ3v) is 2.33. The zero-order valence-corrected chi connectivity index (χ0v) is 11.3. The Morgan fingerprint density at radius 3 is 2.44 bits per heavy atom. The van der Waals surface area contributed by atoms with E-state index >= 15 is 0 Å². The Kier molecular flexibility index (Phi) is 5.16. The van der Waals surface area contributed by atoms with Crippen molar-refractivity contribution in [2.75, 3.05) is 6.54 Å². The highest BCUT2D eigenvalue weighted by molar-refractivity contribution is 5.68. The van der Waals surface area contributed by atoms with Gasteiger partial charge in [0.2, 0.25) is 0 Å². The van der Waals surface area contributed by atoms with Crippen molar-refractivity contribution >= 4 is 6.09 Å². The molecule has 1 aromatic rings. The Balaban J connectivity index is 2.50. The van der Waals surface area contributed by atoms with Crippen LogP contribution in [-0.2, 0) is 11.2 Å². The van der Waals surface area contributed by atoms with Gasteiger partial charge in [-0.2, -0.15) is 0 Å². The second-order valence-electron chi connectivity index (χ2n) is 5.27. The maximum atomic E-state index is 11.6.